The first-order valence-corrected chi connectivity index (χ1v) is 7.67. The van der Waals surface area contributed by atoms with Crippen molar-refractivity contribution < 1.29 is 28.2 Å². The lowest BCUT2D eigenvalue weighted by Gasteiger charge is -2.21. The molecule has 0 spiro atoms. The molecule has 24 heavy (non-hydrogen) atoms. The Labute approximate surface area is 144 Å². The maximum absolute atomic E-state index is 13.6. The number of benzene rings is 1. The van der Waals surface area contributed by atoms with Crippen molar-refractivity contribution in [3.05, 3.63) is 34.6 Å². The first kappa shape index (κ1) is 19.9. The molecule has 0 aromatic heterocycles. The summed E-state index contributed by atoms with van der Waals surface area (Å²) in [6.45, 7) is 2.95. The van der Waals surface area contributed by atoms with Crippen LogP contribution in [0.15, 0.2) is 18.2 Å². The van der Waals surface area contributed by atoms with Gasteiger partial charge in [0.05, 0.1) is 12.1 Å². The third-order valence-corrected chi connectivity index (χ3v) is 3.80. The van der Waals surface area contributed by atoms with Crippen LogP contribution in [0.5, 0.6) is 0 Å². The third-order valence-electron chi connectivity index (χ3n) is 3.49. The third kappa shape index (κ3) is 5.19. The molecule has 0 fully saturated rings. The number of amides is 1. The lowest BCUT2D eigenvalue weighted by molar-refractivity contribution is -0.147. The number of ether oxygens (including phenoxy) is 2. The number of hydrogen-bond donors (Lipinski definition) is 1. The van der Waals surface area contributed by atoms with Crippen molar-refractivity contribution in [1.82, 2.24) is 5.32 Å². The van der Waals surface area contributed by atoms with Crippen LogP contribution in [0.25, 0.3) is 0 Å². The number of nitrogens with one attached hydrogen (secondary N) is 1. The molecular formula is C16H19ClFNO5. The minimum Gasteiger partial charge on any atom is -0.467 e. The van der Waals surface area contributed by atoms with E-state index in [1.54, 1.807) is 6.92 Å². The Morgan fingerprint density at radius 1 is 1.33 bits per heavy atom. The van der Waals surface area contributed by atoms with Crippen molar-refractivity contribution in [2.45, 2.75) is 26.3 Å². The zero-order valence-corrected chi connectivity index (χ0v) is 14.4. The molecule has 8 heteroatoms. The summed E-state index contributed by atoms with van der Waals surface area (Å²) in [5.74, 6) is -3.38. The summed E-state index contributed by atoms with van der Waals surface area (Å²) in [7, 11) is 1.21. The Balaban J connectivity index is 2.68. The normalized spacial score (nSPS) is 12.9. The summed E-state index contributed by atoms with van der Waals surface area (Å²) in [6, 6.07) is 2.87. The highest BCUT2D eigenvalue weighted by Crippen LogP contribution is 2.19. The highest BCUT2D eigenvalue weighted by Gasteiger charge is 2.27. The van der Waals surface area contributed by atoms with Crippen LogP contribution in [-0.4, -0.2) is 37.6 Å². The Kier molecular flexibility index (Phi) is 7.64. The van der Waals surface area contributed by atoms with E-state index in [1.807, 2.05) is 6.92 Å². The second-order valence-corrected chi connectivity index (χ2v) is 5.53. The average molecular weight is 360 g/mol. The van der Waals surface area contributed by atoms with Crippen LogP contribution in [-0.2, 0) is 19.1 Å². The maximum atomic E-state index is 13.6. The van der Waals surface area contributed by atoms with Gasteiger partial charge in [0.15, 0.2) is 6.61 Å². The summed E-state index contributed by atoms with van der Waals surface area (Å²) < 4.78 is 23.0. The van der Waals surface area contributed by atoms with Crippen LogP contribution in [0.2, 0.25) is 5.02 Å². The maximum Gasteiger partial charge on any atom is 0.343 e. The summed E-state index contributed by atoms with van der Waals surface area (Å²) >= 11 is 5.74. The molecule has 0 aliphatic heterocycles. The predicted molar refractivity (Wildman–Crippen MR) is 85.1 cm³/mol. The summed E-state index contributed by atoms with van der Waals surface area (Å²) in [5, 5.41) is 2.32. The Morgan fingerprint density at radius 3 is 2.54 bits per heavy atom. The molecule has 0 aliphatic rings. The molecule has 1 amide bonds. The molecule has 0 heterocycles. The largest absolute Gasteiger partial charge is 0.467 e. The predicted octanol–water partition coefficient (Wildman–Crippen LogP) is 2.34. The molecule has 0 unspecified atom stereocenters. The van der Waals surface area contributed by atoms with Gasteiger partial charge in [-0.25, -0.2) is 14.0 Å². The number of rotatable bonds is 7. The topological polar surface area (TPSA) is 81.7 Å². The molecule has 0 radical (unpaired) electrons. The first-order valence-electron chi connectivity index (χ1n) is 7.30. The molecule has 2 atom stereocenters. The van der Waals surface area contributed by atoms with Crippen molar-refractivity contribution in [2.75, 3.05) is 13.7 Å². The van der Waals surface area contributed by atoms with Crippen LogP contribution < -0.4 is 5.32 Å². The van der Waals surface area contributed by atoms with E-state index in [0.29, 0.717) is 6.42 Å². The highest BCUT2D eigenvalue weighted by molar-refractivity contribution is 6.33. The highest BCUT2D eigenvalue weighted by atomic mass is 35.5. The monoisotopic (exact) mass is 359 g/mol. The Bertz CT molecular complexity index is 602. The van der Waals surface area contributed by atoms with Gasteiger partial charge in [-0.2, -0.15) is 0 Å². The minimum atomic E-state index is -1.06. The fourth-order valence-corrected chi connectivity index (χ4v) is 2.15. The fourth-order valence-electron chi connectivity index (χ4n) is 1.91. The van der Waals surface area contributed by atoms with Gasteiger partial charge in [-0.3, -0.25) is 4.79 Å². The van der Waals surface area contributed by atoms with Crippen LogP contribution >= 0.6 is 11.6 Å². The van der Waals surface area contributed by atoms with E-state index in [-0.39, 0.29) is 10.9 Å². The van der Waals surface area contributed by atoms with Gasteiger partial charge in [-0.05, 0) is 18.1 Å². The molecular weight excluding hydrogens is 341 g/mol. The standard InChI is InChI=1S/C16H19ClFNO5/c1-4-9(2)14(16(22)23-3)19-12(20)8-24-15(21)13-10(17)6-5-7-11(13)18/h5-7,9,14H,4,8H2,1-3H3,(H,19,20)/t9-,14+/m1/s1. The minimum absolute atomic E-state index is 0.118. The molecule has 1 aromatic carbocycles. The van der Waals surface area contributed by atoms with Crippen LogP contribution in [0.3, 0.4) is 0 Å². The van der Waals surface area contributed by atoms with Crippen LogP contribution in [0.4, 0.5) is 4.39 Å². The second-order valence-electron chi connectivity index (χ2n) is 5.13. The van der Waals surface area contributed by atoms with Crippen molar-refractivity contribution in [3.8, 4) is 0 Å². The van der Waals surface area contributed by atoms with Gasteiger partial charge in [0.1, 0.15) is 17.4 Å². The van der Waals surface area contributed by atoms with Gasteiger partial charge in [-0.15, -0.1) is 0 Å². The molecule has 1 aromatic rings. The van der Waals surface area contributed by atoms with Crippen molar-refractivity contribution in [1.29, 1.82) is 0 Å². The number of carbonyl (C=O) groups is 3. The van der Waals surface area contributed by atoms with Crippen molar-refractivity contribution in [2.24, 2.45) is 5.92 Å². The van der Waals surface area contributed by atoms with Gasteiger partial charge in [0.25, 0.3) is 5.91 Å². The van der Waals surface area contributed by atoms with E-state index in [0.717, 1.165) is 6.07 Å². The molecule has 0 bridgehead atoms. The zero-order chi connectivity index (χ0) is 18.3. The number of halogens is 2. The number of esters is 2. The van der Waals surface area contributed by atoms with E-state index < -0.39 is 41.9 Å². The van der Waals surface area contributed by atoms with Gasteiger partial charge in [-0.1, -0.05) is 37.9 Å². The van der Waals surface area contributed by atoms with E-state index in [9.17, 15) is 18.8 Å². The molecule has 1 rings (SSSR count). The van der Waals surface area contributed by atoms with Crippen molar-refractivity contribution >= 4 is 29.4 Å². The van der Waals surface area contributed by atoms with Gasteiger partial charge < -0.3 is 14.8 Å². The summed E-state index contributed by atoms with van der Waals surface area (Å²) in [4.78, 5) is 35.4. The fraction of sp³-hybridized carbons (Fsp3) is 0.438. The SMILES string of the molecule is CC[C@@H](C)[C@H](NC(=O)COC(=O)c1c(F)cccc1Cl)C(=O)OC. The zero-order valence-electron chi connectivity index (χ0n) is 13.6. The lowest BCUT2D eigenvalue weighted by atomic mass is 9.99. The second kappa shape index (κ2) is 9.22. The van der Waals surface area contributed by atoms with E-state index in [1.165, 1.54) is 19.2 Å². The Morgan fingerprint density at radius 2 is 2.00 bits per heavy atom. The molecule has 132 valence electrons. The molecule has 0 saturated carbocycles. The lowest BCUT2D eigenvalue weighted by Crippen LogP contribution is -2.47. The van der Waals surface area contributed by atoms with Crippen LogP contribution in [0.1, 0.15) is 30.6 Å². The number of methoxy groups -OCH3 is 1. The molecule has 6 nitrogen and oxygen atoms in total. The van der Waals surface area contributed by atoms with Gasteiger partial charge in [0, 0.05) is 0 Å². The summed E-state index contributed by atoms with van der Waals surface area (Å²) in [5.41, 5.74) is -0.446. The van der Waals surface area contributed by atoms with E-state index in [4.69, 9.17) is 16.3 Å². The average Bonchev–Trinajstić information content (AvgIpc) is 2.56. The van der Waals surface area contributed by atoms with Gasteiger partial charge in [0.2, 0.25) is 0 Å². The molecule has 0 saturated heterocycles. The quantitative estimate of drug-likeness (QED) is 0.756. The van der Waals surface area contributed by atoms with Gasteiger partial charge >= 0.3 is 11.9 Å². The van der Waals surface area contributed by atoms with Crippen molar-refractivity contribution in [3.63, 3.8) is 0 Å². The number of hydrogen-bond acceptors (Lipinski definition) is 5. The Hall–Kier alpha value is -2.15. The molecule has 0 aliphatic carbocycles. The molecule has 1 N–H and O–H groups in total. The first-order chi connectivity index (χ1) is 11.3. The van der Waals surface area contributed by atoms with Crippen LogP contribution in [0, 0.1) is 11.7 Å². The number of carbonyl (C=O) groups excluding carboxylic acids is 3. The van der Waals surface area contributed by atoms with E-state index >= 15 is 0 Å². The smallest absolute Gasteiger partial charge is 0.343 e. The van der Waals surface area contributed by atoms with E-state index in [2.05, 4.69) is 10.1 Å². The summed E-state index contributed by atoms with van der Waals surface area (Å²) in [6.07, 6.45) is 0.630.